The summed E-state index contributed by atoms with van der Waals surface area (Å²) in [6, 6.07) is 0.318. The van der Waals surface area contributed by atoms with Gasteiger partial charge < -0.3 is 15.7 Å². The van der Waals surface area contributed by atoms with Crippen LogP contribution in [-0.2, 0) is 9.59 Å². The quantitative estimate of drug-likeness (QED) is 0.671. The normalized spacial score (nSPS) is 26.7. The van der Waals surface area contributed by atoms with Crippen LogP contribution in [0, 0.1) is 11.8 Å². The molecular formula is C18H32N2O3. The van der Waals surface area contributed by atoms with Gasteiger partial charge in [-0.15, -0.1) is 0 Å². The molecule has 2 amide bonds. The Morgan fingerprint density at radius 1 is 1.00 bits per heavy atom. The summed E-state index contributed by atoms with van der Waals surface area (Å²) in [6.07, 6.45) is 9.37. The monoisotopic (exact) mass is 324 g/mol. The van der Waals surface area contributed by atoms with E-state index < -0.39 is 0 Å². The third kappa shape index (κ3) is 5.48. The summed E-state index contributed by atoms with van der Waals surface area (Å²) in [5.41, 5.74) is 0. The number of carbonyl (C=O) groups is 2. The third-order valence-corrected chi connectivity index (χ3v) is 5.49. The SMILES string of the molecule is CCC(CCO)NC(=O)C1CCC(NC(=O)C2CCCC2)CC1. The van der Waals surface area contributed by atoms with Crippen molar-refractivity contribution in [3.8, 4) is 0 Å². The molecule has 2 fully saturated rings. The van der Waals surface area contributed by atoms with Crippen LogP contribution in [0.15, 0.2) is 0 Å². The van der Waals surface area contributed by atoms with Crippen LogP contribution in [0.5, 0.6) is 0 Å². The van der Waals surface area contributed by atoms with Crippen molar-refractivity contribution in [2.45, 2.75) is 83.2 Å². The highest BCUT2D eigenvalue weighted by Gasteiger charge is 2.30. The van der Waals surface area contributed by atoms with Crippen molar-refractivity contribution in [2.75, 3.05) is 6.61 Å². The Balaban J connectivity index is 1.70. The second-order valence-corrected chi connectivity index (χ2v) is 7.16. The highest BCUT2D eigenvalue weighted by molar-refractivity contribution is 5.80. The number of nitrogens with one attached hydrogen (secondary N) is 2. The molecule has 0 spiro atoms. The number of aliphatic hydroxyl groups excluding tert-OH is 1. The van der Waals surface area contributed by atoms with Gasteiger partial charge in [-0.2, -0.15) is 0 Å². The Kier molecular flexibility index (Phi) is 7.34. The molecule has 2 aliphatic carbocycles. The minimum Gasteiger partial charge on any atom is -0.396 e. The van der Waals surface area contributed by atoms with Gasteiger partial charge in [0.15, 0.2) is 0 Å². The number of rotatable bonds is 7. The fraction of sp³-hybridized carbons (Fsp3) is 0.889. The minimum atomic E-state index is 0.0578. The first-order chi connectivity index (χ1) is 11.1. The predicted molar refractivity (Wildman–Crippen MR) is 89.8 cm³/mol. The number of aliphatic hydroxyl groups is 1. The van der Waals surface area contributed by atoms with Gasteiger partial charge in [0.1, 0.15) is 0 Å². The van der Waals surface area contributed by atoms with Crippen LogP contribution >= 0.6 is 0 Å². The fourth-order valence-corrected chi connectivity index (χ4v) is 3.86. The summed E-state index contributed by atoms with van der Waals surface area (Å²) >= 11 is 0. The van der Waals surface area contributed by atoms with Crippen LogP contribution in [0.1, 0.15) is 71.1 Å². The minimum absolute atomic E-state index is 0.0578. The summed E-state index contributed by atoms with van der Waals surface area (Å²) in [4.78, 5) is 24.5. The largest absolute Gasteiger partial charge is 0.396 e. The summed E-state index contributed by atoms with van der Waals surface area (Å²) in [7, 11) is 0. The fourth-order valence-electron chi connectivity index (χ4n) is 3.86. The number of amides is 2. The summed E-state index contributed by atoms with van der Waals surface area (Å²) in [5, 5.41) is 15.2. The summed E-state index contributed by atoms with van der Waals surface area (Å²) < 4.78 is 0. The van der Waals surface area contributed by atoms with E-state index in [0.29, 0.717) is 6.42 Å². The molecule has 0 heterocycles. The molecule has 2 rings (SSSR count). The van der Waals surface area contributed by atoms with Crippen LogP contribution < -0.4 is 10.6 Å². The second-order valence-electron chi connectivity index (χ2n) is 7.16. The molecule has 1 atom stereocenters. The van der Waals surface area contributed by atoms with Crippen LogP contribution in [0.2, 0.25) is 0 Å². The van der Waals surface area contributed by atoms with Gasteiger partial charge in [0.2, 0.25) is 11.8 Å². The average molecular weight is 324 g/mol. The van der Waals surface area contributed by atoms with Crippen molar-refractivity contribution in [3.05, 3.63) is 0 Å². The standard InChI is InChI=1S/C18H32N2O3/c1-2-15(11-12-21)19-18(23)14-7-9-16(10-8-14)20-17(22)13-5-3-4-6-13/h13-16,21H,2-12H2,1H3,(H,19,23)(H,20,22). The first-order valence-corrected chi connectivity index (χ1v) is 9.35. The van der Waals surface area contributed by atoms with Gasteiger partial charge >= 0.3 is 0 Å². The lowest BCUT2D eigenvalue weighted by atomic mass is 9.85. The molecule has 0 radical (unpaired) electrons. The lowest BCUT2D eigenvalue weighted by Gasteiger charge is -2.30. The molecule has 0 aromatic heterocycles. The molecule has 2 aliphatic rings. The van der Waals surface area contributed by atoms with E-state index in [4.69, 9.17) is 5.11 Å². The van der Waals surface area contributed by atoms with Crippen molar-refractivity contribution in [1.29, 1.82) is 0 Å². The van der Waals surface area contributed by atoms with E-state index in [9.17, 15) is 9.59 Å². The summed E-state index contributed by atoms with van der Waals surface area (Å²) in [5.74, 6) is 0.623. The van der Waals surface area contributed by atoms with E-state index in [2.05, 4.69) is 10.6 Å². The second kappa shape index (κ2) is 9.26. The predicted octanol–water partition coefficient (Wildman–Crippen LogP) is 2.13. The van der Waals surface area contributed by atoms with E-state index in [0.717, 1.165) is 44.9 Å². The molecule has 1 unspecified atom stereocenters. The highest BCUT2D eigenvalue weighted by atomic mass is 16.3. The van der Waals surface area contributed by atoms with Gasteiger partial charge in [-0.25, -0.2) is 0 Å². The van der Waals surface area contributed by atoms with Crippen LogP contribution in [-0.4, -0.2) is 35.6 Å². The van der Waals surface area contributed by atoms with Crippen molar-refractivity contribution in [3.63, 3.8) is 0 Å². The van der Waals surface area contributed by atoms with Crippen LogP contribution in [0.3, 0.4) is 0 Å². The molecule has 0 aromatic carbocycles. The molecule has 23 heavy (non-hydrogen) atoms. The maximum Gasteiger partial charge on any atom is 0.223 e. The topological polar surface area (TPSA) is 78.4 Å². The molecular weight excluding hydrogens is 292 g/mol. The number of hydrogen-bond acceptors (Lipinski definition) is 3. The van der Waals surface area contributed by atoms with Crippen LogP contribution in [0.4, 0.5) is 0 Å². The molecule has 3 N–H and O–H groups in total. The van der Waals surface area contributed by atoms with E-state index in [-0.39, 0.29) is 42.3 Å². The maximum atomic E-state index is 12.3. The Morgan fingerprint density at radius 3 is 2.17 bits per heavy atom. The average Bonchev–Trinajstić information content (AvgIpc) is 3.09. The van der Waals surface area contributed by atoms with Gasteiger partial charge in [-0.3, -0.25) is 9.59 Å². The van der Waals surface area contributed by atoms with Gasteiger partial charge in [0.05, 0.1) is 0 Å². The Bertz CT molecular complexity index is 386. The molecule has 2 saturated carbocycles. The van der Waals surface area contributed by atoms with E-state index >= 15 is 0 Å². The van der Waals surface area contributed by atoms with Crippen molar-refractivity contribution in [1.82, 2.24) is 10.6 Å². The number of hydrogen-bond donors (Lipinski definition) is 3. The molecule has 0 aromatic rings. The first-order valence-electron chi connectivity index (χ1n) is 9.35. The van der Waals surface area contributed by atoms with Crippen LogP contribution in [0.25, 0.3) is 0 Å². The maximum absolute atomic E-state index is 12.3. The Morgan fingerprint density at radius 2 is 1.61 bits per heavy atom. The van der Waals surface area contributed by atoms with E-state index in [1.807, 2.05) is 6.92 Å². The van der Waals surface area contributed by atoms with Gasteiger partial charge in [0.25, 0.3) is 0 Å². The molecule has 5 nitrogen and oxygen atoms in total. The van der Waals surface area contributed by atoms with E-state index in [1.54, 1.807) is 0 Å². The van der Waals surface area contributed by atoms with Crippen molar-refractivity contribution >= 4 is 11.8 Å². The smallest absolute Gasteiger partial charge is 0.223 e. The van der Waals surface area contributed by atoms with Gasteiger partial charge in [-0.05, 0) is 51.4 Å². The lowest BCUT2D eigenvalue weighted by molar-refractivity contribution is -0.127. The number of carbonyl (C=O) groups excluding carboxylic acids is 2. The van der Waals surface area contributed by atoms with Gasteiger partial charge in [0, 0.05) is 30.5 Å². The van der Waals surface area contributed by atoms with Crippen molar-refractivity contribution in [2.24, 2.45) is 11.8 Å². The molecule has 132 valence electrons. The molecule has 0 bridgehead atoms. The molecule has 5 heteroatoms. The van der Waals surface area contributed by atoms with Gasteiger partial charge in [-0.1, -0.05) is 19.8 Å². The van der Waals surface area contributed by atoms with Crippen molar-refractivity contribution < 1.29 is 14.7 Å². The zero-order valence-electron chi connectivity index (χ0n) is 14.4. The van der Waals surface area contributed by atoms with E-state index in [1.165, 1.54) is 12.8 Å². The zero-order chi connectivity index (χ0) is 16.7. The zero-order valence-corrected chi connectivity index (χ0v) is 14.4. The molecule has 0 saturated heterocycles. The Hall–Kier alpha value is -1.10. The molecule has 0 aliphatic heterocycles. The summed E-state index contributed by atoms with van der Waals surface area (Å²) in [6.45, 7) is 2.13. The first kappa shape index (κ1) is 18.2. The lowest BCUT2D eigenvalue weighted by Crippen LogP contribution is -2.44. The Labute approximate surface area is 139 Å². The third-order valence-electron chi connectivity index (χ3n) is 5.49. The highest BCUT2D eigenvalue weighted by Crippen LogP contribution is 2.28.